The third-order valence-corrected chi connectivity index (χ3v) is 6.22. The molecule has 0 radical (unpaired) electrons. The third-order valence-electron chi connectivity index (χ3n) is 6.22. The SMILES string of the molecule is CCC1COC(C(=O)Nc2ccccc2)CN1c1cc(-c2ccc3c(N)n[nH]c3c2)nc(NC)n1. The summed E-state index contributed by atoms with van der Waals surface area (Å²) in [5.41, 5.74) is 9.15. The molecule has 1 aliphatic heterocycles. The minimum absolute atomic E-state index is 0.0816. The molecule has 35 heavy (non-hydrogen) atoms. The highest BCUT2D eigenvalue weighted by Gasteiger charge is 2.33. The number of rotatable bonds is 6. The Balaban J connectivity index is 1.45. The van der Waals surface area contributed by atoms with Crippen LogP contribution >= 0.6 is 0 Å². The first-order valence-corrected chi connectivity index (χ1v) is 11.6. The Labute approximate surface area is 202 Å². The van der Waals surface area contributed by atoms with Gasteiger partial charge in [-0.2, -0.15) is 10.1 Å². The summed E-state index contributed by atoms with van der Waals surface area (Å²) in [6.45, 7) is 2.91. The van der Waals surface area contributed by atoms with Crippen LogP contribution in [-0.2, 0) is 9.53 Å². The summed E-state index contributed by atoms with van der Waals surface area (Å²) in [5, 5.41) is 13.9. The maximum absolute atomic E-state index is 12.9. The van der Waals surface area contributed by atoms with Crippen LogP contribution < -0.4 is 21.3 Å². The Hall–Kier alpha value is -4.18. The number of hydrogen-bond donors (Lipinski definition) is 4. The second kappa shape index (κ2) is 9.59. The number of nitrogen functional groups attached to an aromatic ring is 1. The molecule has 10 nitrogen and oxygen atoms in total. The molecule has 1 amide bonds. The molecule has 5 N–H and O–H groups in total. The molecule has 0 spiro atoms. The van der Waals surface area contributed by atoms with Gasteiger partial charge in [-0.3, -0.25) is 9.89 Å². The van der Waals surface area contributed by atoms with Crippen molar-refractivity contribution in [1.29, 1.82) is 0 Å². The highest BCUT2D eigenvalue weighted by molar-refractivity contribution is 5.95. The Morgan fingerprint density at radius 2 is 2.03 bits per heavy atom. The molecular weight excluding hydrogens is 444 g/mol. The van der Waals surface area contributed by atoms with Crippen molar-refractivity contribution in [3.8, 4) is 11.3 Å². The largest absolute Gasteiger partial charge is 0.382 e. The van der Waals surface area contributed by atoms with Crippen molar-refractivity contribution < 1.29 is 9.53 Å². The van der Waals surface area contributed by atoms with E-state index in [1.807, 2.05) is 54.6 Å². The summed E-state index contributed by atoms with van der Waals surface area (Å²) in [6.07, 6.45) is 0.222. The fraction of sp³-hybridized carbons (Fsp3) is 0.280. The van der Waals surface area contributed by atoms with E-state index in [-0.39, 0.29) is 11.9 Å². The summed E-state index contributed by atoms with van der Waals surface area (Å²) in [4.78, 5) is 24.5. The number of carbonyl (C=O) groups excluding carboxylic acids is 1. The van der Waals surface area contributed by atoms with E-state index in [1.54, 1.807) is 7.05 Å². The molecule has 2 aromatic heterocycles. The van der Waals surface area contributed by atoms with Gasteiger partial charge in [0.25, 0.3) is 5.91 Å². The smallest absolute Gasteiger partial charge is 0.255 e. The van der Waals surface area contributed by atoms with Gasteiger partial charge in [-0.15, -0.1) is 0 Å². The van der Waals surface area contributed by atoms with Gasteiger partial charge in [0, 0.05) is 29.8 Å². The van der Waals surface area contributed by atoms with Crippen molar-refractivity contribution in [2.75, 3.05) is 41.5 Å². The highest BCUT2D eigenvalue weighted by atomic mass is 16.5. The average Bonchev–Trinajstić information content (AvgIpc) is 3.28. The van der Waals surface area contributed by atoms with E-state index in [4.69, 9.17) is 15.5 Å². The van der Waals surface area contributed by atoms with Crippen LogP contribution in [0.3, 0.4) is 0 Å². The van der Waals surface area contributed by atoms with E-state index < -0.39 is 6.10 Å². The lowest BCUT2D eigenvalue weighted by Crippen LogP contribution is -2.53. The Morgan fingerprint density at radius 3 is 2.80 bits per heavy atom. The fourth-order valence-corrected chi connectivity index (χ4v) is 4.26. The van der Waals surface area contributed by atoms with Crippen molar-refractivity contribution in [1.82, 2.24) is 20.2 Å². The van der Waals surface area contributed by atoms with Gasteiger partial charge in [0.2, 0.25) is 5.95 Å². The van der Waals surface area contributed by atoms with E-state index in [1.165, 1.54) is 0 Å². The van der Waals surface area contributed by atoms with Crippen LogP contribution in [0.5, 0.6) is 0 Å². The molecule has 2 aromatic carbocycles. The Morgan fingerprint density at radius 1 is 1.20 bits per heavy atom. The number of nitrogens with zero attached hydrogens (tertiary/aromatic N) is 4. The first kappa shape index (κ1) is 22.6. The van der Waals surface area contributed by atoms with E-state index in [0.29, 0.717) is 24.9 Å². The molecule has 2 unspecified atom stereocenters. The van der Waals surface area contributed by atoms with Crippen LogP contribution in [-0.4, -0.2) is 58.4 Å². The molecule has 1 saturated heterocycles. The van der Waals surface area contributed by atoms with Gasteiger partial charge < -0.3 is 26.0 Å². The molecule has 1 aliphatic rings. The number of amides is 1. The molecule has 2 atom stereocenters. The molecule has 3 heterocycles. The number of nitrogens with two attached hydrogens (primary N) is 1. The number of aromatic amines is 1. The first-order chi connectivity index (χ1) is 17.1. The van der Waals surface area contributed by atoms with Gasteiger partial charge in [-0.05, 0) is 30.7 Å². The summed E-state index contributed by atoms with van der Waals surface area (Å²) < 4.78 is 5.95. The number of hydrogen-bond acceptors (Lipinski definition) is 8. The second-order valence-electron chi connectivity index (χ2n) is 8.45. The van der Waals surface area contributed by atoms with Crippen molar-refractivity contribution in [2.45, 2.75) is 25.5 Å². The summed E-state index contributed by atoms with van der Waals surface area (Å²) in [7, 11) is 1.79. The van der Waals surface area contributed by atoms with Crippen LogP contribution in [0.2, 0.25) is 0 Å². The Bertz CT molecular complexity index is 1340. The number of aromatic nitrogens is 4. The van der Waals surface area contributed by atoms with Crippen molar-refractivity contribution in [3.05, 3.63) is 54.6 Å². The number of carbonyl (C=O) groups is 1. The number of morpholine rings is 1. The van der Waals surface area contributed by atoms with Gasteiger partial charge in [0.1, 0.15) is 5.82 Å². The van der Waals surface area contributed by atoms with E-state index >= 15 is 0 Å². The maximum atomic E-state index is 12.9. The Kier molecular flexibility index (Phi) is 6.19. The number of fused-ring (bicyclic) bond motifs is 1. The molecule has 5 rings (SSSR count). The monoisotopic (exact) mass is 472 g/mol. The molecule has 180 valence electrons. The summed E-state index contributed by atoms with van der Waals surface area (Å²) in [5.74, 6) is 1.51. The predicted octanol–water partition coefficient (Wildman–Crippen LogP) is 3.27. The number of ether oxygens (including phenoxy) is 1. The van der Waals surface area contributed by atoms with Gasteiger partial charge in [0.15, 0.2) is 11.9 Å². The zero-order valence-corrected chi connectivity index (χ0v) is 19.7. The van der Waals surface area contributed by atoms with Crippen LogP contribution in [0.25, 0.3) is 22.2 Å². The molecule has 0 aliphatic carbocycles. The molecule has 1 fully saturated rings. The molecule has 0 bridgehead atoms. The number of H-pyrrole nitrogens is 1. The zero-order chi connectivity index (χ0) is 24.4. The van der Waals surface area contributed by atoms with Crippen LogP contribution in [0, 0.1) is 0 Å². The standard InChI is InChI=1S/C25H28N8O2/c1-3-17-14-35-21(24(34)28-16-7-5-4-6-8-16)13-33(17)22-12-19(29-25(27-2)30-22)15-9-10-18-20(11-15)31-32-23(18)26/h4-12,17,21H,3,13-14H2,1-2H3,(H,28,34)(H3,26,31,32)(H,27,29,30). The van der Waals surface area contributed by atoms with Crippen LogP contribution in [0.15, 0.2) is 54.6 Å². The normalized spacial score (nSPS) is 17.9. The quantitative estimate of drug-likeness (QED) is 0.336. The van der Waals surface area contributed by atoms with Gasteiger partial charge in [-0.1, -0.05) is 31.2 Å². The third kappa shape index (κ3) is 4.60. The highest BCUT2D eigenvalue weighted by Crippen LogP contribution is 2.30. The van der Waals surface area contributed by atoms with Gasteiger partial charge >= 0.3 is 0 Å². The van der Waals surface area contributed by atoms with Crippen molar-refractivity contribution >= 4 is 40.1 Å². The molecule has 10 heteroatoms. The van der Waals surface area contributed by atoms with Crippen LogP contribution in [0.1, 0.15) is 13.3 Å². The topological polar surface area (TPSA) is 134 Å². The van der Waals surface area contributed by atoms with Crippen molar-refractivity contribution in [2.24, 2.45) is 0 Å². The zero-order valence-electron chi connectivity index (χ0n) is 19.7. The number of nitrogens with one attached hydrogen (secondary N) is 3. The number of anilines is 4. The lowest BCUT2D eigenvalue weighted by atomic mass is 10.1. The van der Waals surface area contributed by atoms with Gasteiger partial charge in [0.05, 0.1) is 30.4 Å². The average molecular weight is 473 g/mol. The lowest BCUT2D eigenvalue weighted by molar-refractivity contribution is -0.129. The molecular formula is C25H28N8O2. The van der Waals surface area contributed by atoms with E-state index in [9.17, 15) is 4.79 Å². The van der Waals surface area contributed by atoms with Gasteiger partial charge in [-0.25, -0.2) is 4.98 Å². The number of benzene rings is 2. The summed E-state index contributed by atoms with van der Waals surface area (Å²) >= 11 is 0. The molecule has 0 saturated carbocycles. The minimum atomic E-state index is -0.626. The van der Waals surface area contributed by atoms with Crippen LogP contribution in [0.4, 0.5) is 23.3 Å². The maximum Gasteiger partial charge on any atom is 0.255 e. The minimum Gasteiger partial charge on any atom is -0.382 e. The fourth-order valence-electron chi connectivity index (χ4n) is 4.26. The molecule has 4 aromatic rings. The van der Waals surface area contributed by atoms with E-state index in [2.05, 4.69) is 37.6 Å². The number of para-hydroxylation sites is 1. The second-order valence-corrected chi connectivity index (χ2v) is 8.45. The van der Waals surface area contributed by atoms with E-state index in [0.717, 1.165) is 40.1 Å². The van der Waals surface area contributed by atoms with Crippen molar-refractivity contribution in [3.63, 3.8) is 0 Å². The first-order valence-electron chi connectivity index (χ1n) is 11.6. The lowest BCUT2D eigenvalue weighted by Gasteiger charge is -2.39. The summed E-state index contributed by atoms with van der Waals surface area (Å²) in [6, 6.07) is 17.3. The predicted molar refractivity (Wildman–Crippen MR) is 137 cm³/mol.